The van der Waals surface area contributed by atoms with Crippen LogP contribution in [0.15, 0.2) is 0 Å². The molecule has 0 aliphatic rings. The van der Waals surface area contributed by atoms with Crippen molar-refractivity contribution in [3.8, 4) is 0 Å². The molecule has 0 bridgehead atoms. The first-order chi connectivity index (χ1) is 3.77. The second-order valence-electron chi connectivity index (χ2n) is 1.35. The molecule has 0 aromatic carbocycles. The molecule has 0 aromatic heterocycles. The van der Waals surface area contributed by atoms with Crippen LogP contribution in [0.3, 0.4) is 0 Å². The Labute approximate surface area is 47.6 Å². The van der Waals surface area contributed by atoms with Crippen LogP contribution >= 0.6 is 0 Å². The smallest absolute Gasteiger partial charge is 0.207 e. The van der Waals surface area contributed by atoms with Crippen molar-refractivity contribution in [3.63, 3.8) is 0 Å². The quantitative estimate of drug-likeness (QED) is 0.191. The molecule has 0 aliphatic carbocycles. The van der Waals surface area contributed by atoms with E-state index >= 15 is 0 Å². The van der Waals surface area contributed by atoms with Crippen LogP contribution in [-0.2, 0) is 4.79 Å². The molecule has 0 aliphatic heterocycles. The molecule has 8 heavy (non-hydrogen) atoms. The SMILES string of the molecule is N=C(N)CCNC=O. The normalized spacial score (nSPS) is 8.00. The molecule has 0 saturated carbocycles. The largest absolute Gasteiger partial charge is 0.388 e. The number of hydrogen-bond donors (Lipinski definition) is 3. The molecular weight excluding hydrogens is 106 g/mol. The van der Waals surface area contributed by atoms with Gasteiger partial charge in [0.1, 0.15) is 0 Å². The molecule has 0 atom stereocenters. The maximum Gasteiger partial charge on any atom is 0.207 e. The standard InChI is InChI=1S/C4H9N3O/c5-4(6)1-2-7-3-8/h3H,1-2H2,(H3,5,6)(H,7,8). The van der Waals surface area contributed by atoms with E-state index in [-0.39, 0.29) is 5.84 Å². The Hall–Kier alpha value is -1.06. The van der Waals surface area contributed by atoms with E-state index in [9.17, 15) is 4.79 Å². The number of amidine groups is 1. The number of hydrogen-bond acceptors (Lipinski definition) is 2. The minimum absolute atomic E-state index is 0.0966. The highest BCUT2D eigenvalue weighted by Gasteiger charge is 1.84. The molecule has 0 heterocycles. The van der Waals surface area contributed by atoms with Crippen molar-refractivity contribution in [2.75, 3.05) is 6.54 Å². The predicted molar refractivity (Wildman–Crippen MR) is 30.6 cm³/mol. The van der Waals surface area contributed by atoms with Gasteiger partial charge in [0, 0.05) is 13.0 Å². The molecule has 4 heteroatoms. The molecule has 4 nitrogen and oxygen atoms in total. The van der Waals surface area contributed by atoms with Crippen molar-refractivity contribution >= 4 is 12.2 Å². The Morgan fingerprint density at radius 1 is 1.88 bits per heavy atom. The van der Waals surface area contributed by atoms with Crippen LogP contribution in [-0.4, -0.2) is 18.8 Å². The second kappa shape index (κ2) is 4.11. The third-order valence-electron chi connectivity index (χ3n) is 0.622. The summed E-state index contributed by atoms with van der Waals surface area (Å²) in [6, 6.07) is 0. The third-order valence-corrected chi connectivity index (χ3v) is 0.622. The van der Waals surface area contributed by atoms with Crippen LogP contribution in [0.2, 0.25) is 0 Å². The van der Waals surface area contributed by atoms with Crippen molar-refractivity contribution in [1.29, 1.82) is 5.41 Å². The average Bonchev–Trinajstić information content (AvgIpc) is 1.66. The van der Waals surface area contributed by atoms with Crippen LogP contribution in [0, 0.1) is 5.41 Å². The van der Waals surface area contributed by atoms with E-state index in [0.717, 1.165) is 0 Å². The first-order valence-electron chi connectivity index (χ1n) is 2.27. The van der Waals surface area contributed by atoms with E-state index in [2.05, 4.69) is 5.32 Å². The van der Waals surface area contributed by atoms with Gasteiger partial charge in [-0.2, -0.15) is 0 Å². The fraction of sp³-hybridized carbons (Fsp3) is 0.500. The van der Waals surface area contributed by atoms with E-state index in [1.165, 1.54) is 0 Å². The van der Waals surface area contributed by atoms with Crippen LogP contribution in [0.1, 0.15) is 6.42 Å². The summed E-state index contributed by atoms with van der Waals surface area (Å²) >= 11 is 0. The second-order valence-corrected chi connectivity index (χ2v) is 1.35. The van der Waals surface area contributed by atoms with Gasteiger partial charge in [-0.05, 0) is 0 Å². The lowest BCUT2D eigenvalue weighted by molar-refractivity contribution is -0.109. The molecule has 0 unspecified atom stereocenters. The molecule has 0 rings (SSSR count). The Kier molecular flexibility index (Phi) is 3.56. The molecule has 1 amide bonds. The molecule has 46 valence electrons. The molecule has 4 N–H and O–H groups in total. The third kappa shape index (κ3) is 4.94. The van der Waals surface area contributed by atoms with Crippen molar-refractivity contribution in [2.45, 2.75) is 6.42 Å². The summed E-state index contributed by atoms with van der Waals surface area (Å²) in [6.45, 7) is 0.457. The molecule has 0 spiro atoms. The van der Waals surface area contributed by atoms with E-state index < -0.39 is 0 Å². The highest BCUT2D eigenvalue weighted by atomic mass is 16.1. The lowest BCUT2D eigenvalue weighted by atomic mass is 10.4. The number of carbonyl (C=O) groups excluding carboxylic acids is 1. The van der Waals surface area contributed by atoms with Crippen LogP contribution in [0.4, 0.5) is 0 Å². The Morgan fingerprint density at radius 2 is 2.50 bits per heavy atom. The van der Waals surface area contributed by atoms with Gasteiger partial charge in [-0.3, -0.25) is 10.2 Å². The zero-order valence-electron chi connectivity index (χ0n) is 4.48. The average molecular weight is 115 g/mol. The predicted octanol–water partition coefficient (Wildman–Crippen LogP) is -0.942. The highest BCUT2D eigenvalue weighted by molar-refractivity contribution is 5.77. The number of amides is 1. The summed E-state index contributed by atoms with van der Waals surface area (Å²) < 4.78 is 0. The summed E-state index contributed by atoms with van der Waals surface area (Å²) in [5, 5.41) is 9.07. The van der Waals surface area contributed by atoms with Crippen LogP contribution in [0.5, 0.6) is 0 Å². The van der Waals surface area contributed by atoms with Crippen LogP contribution < -0.4 is 11.1 Å². The summed E-state index contributed by atoms with van der Waals surface area (Å²) in [5.74, 6) is 0.0966. The molecule has 0 saturated heterocycles. The topological polar surface area (TPSA) is 79.0 Å². The van der Waals surface area contributed by atoms with Gasteiger partial charge in [-0.25, -0.2) is 0 Å². The Morgan fingerprint density at radius 3 is 2.88 bits per heavy atom. The van der Waals surface area contributed by atoms with E-state index in [0.29, 0.717) is 19.4 Å². The van der Waals surface area contributed by atoms with Gasteiger partial charge in [-0.15, -0.1) is 0 Å². The molecule has 0 fully saturated rings. The van der Waals surface area contributed by atoms with E-state index in [1.54, 1.807) is 0 Å². The highest BCUT2D eigenvalue weighted by Crippen LogP contribution is 1.68. The summed E-state index contributed by atoms with van der Waals surface area (Å²) in [5.41, 5.74) is 4.96. The van der Waals surface area contributed by atoms with E-state index in [1.807, 2.05) is 0 Å². The first kappa shape index (κ1) is 6.94. The maximum absolute atomic E-state index is 9.56. The zero-order valence-corrected chi connectivity index (χ0v) is 4.48. The van der Waals surface area contributed by atoms with Gasteiger partial charge in [0.25, 0.3) is 0 Å². The van der Waals surface area contributed by atoms with Gasteiger partial charge in [0.2, 0.25) is 6.41 Å². The first-order valence-corrected chi connectivity index (χ1v) is 2.27. The summed E-state index contributed by atoms with van der Waals surface area (Å²) in [7, 11) is 0. The fourth-order valence-corrected chi connectivity index (χ4v) is 0.266. The summed E-state index contributed by atoms with van der Waals surface area (Å²) in [6.07, 6.45) is 1.02. The van der Waals surface area contributed by atoms with Crippen molar-refractivity contribution in [2.24, 2.45) is 5.73 Å². The number of nitrogens with two attached hydrogens (primary N) is 1. The van der Waals surface area contributed by atoms with Gasteiger partial charge < -0.3 is 11.1 Å². The lowest BCUT2D eigenvalue weighted by Crippen LogP contribution is -2.19. The Bertz CT molecular complexity index is 91.3. The van der Waals surface area contributed by atoms with Gasteiger partial charge in [0.05, 0.1) is 5.84 Å². The minimum atomic E-state index is 0.0966. The molecular formula is C4H9N3O. The van der Waals surface area contributed by atoms with Crippen molar-refractivity contribution in [1.82, 2.24) is 5.32 Å². The van der Waals surface area contributed by atoms with Gasteiger partial charge in [-0.1, -0.05) is 0 Å². The van der Waals surface area contributed by atoms with Gasteiger partial charge >= 0.3 is 0 Å². The molecule has 0 radical (unpaired) electrons. The van der Waals surface area contributed by atoms with Crippen molar-refractivity contribution in [3.05, 3.63) is 0 Å². The minimum Gasteiger partial charge on any atom is -0.388 e. The number of carbonyl (C=O) groups is 1. The van der Waals surface area contributed by atoms with Crippen molar-refractivity contribution < 1.29 is 4.79 Å². The number of rotatable bonds is 4. The summed E-state index contributed by atoms with van der Waals surface area (Å²) in [4.78, 5) is 9.56. The van der Waals surface area contributed by atoms with E-state index in [4.69, 9.17) is 11.1 Å². The van der Waals surface area contributed by atoms with Crippen LogP contribution in [0.25, 0.3) is 0 Å². The lowest BCUT2D eigenvalue weighted by Gasteiger charge is -1.93. The van der Waals surface area contributed by atoms with Gasteiger partial charge in [0.15, 0.2) is 0 Å². The fourth-order valence-electron chi connectivity index (χ4n) is 0.266. The maximum atomic E-state index is 9.56. The molecule has 0 aromatic rings. The zero-order chi connectivity index (χ0) is 6.41. The number of nitrogens with one attached hydrogen (secondary N) is 2. The Balaban J connectivity index is 2.93. The monoisotopic (exact) mass is 115 g/mol.